The second-order valence-corrected chi connectivity index (χ2v) is 6.63. The number of amides is 2. The van der Waals surface area contributed by atoms with Crippen LogP contribution < -0.4 is 5.32 Å². The Bertz CT molecular complexity index is 392. The predicted molar refractivity (Wildman–Crippen MR) is 80.3 cm³/mol. The van der Waals surface area contributed by atoms with Gasteiger partial charge in [-0.25, -0.2) is 9.59 Å². The van der Waals surface area contributed by atoms with Crippen LogP contribution in [0.3, 0.4) is 0 Å². The zero-order valence-electron chi connectivity index (χ0n) is 13.1. The molecule has 21 heavy (non-hydrogen) atoms. The highest BCUT2D eigenvalue weighted by Crippen LogP contribution is 2.29. The molecule has 1 saturated heterocycles. The van der Waals surface area contributed by atoms with Crippen molar-refractivity contribution in [3.63, 3.8) is 0 Å². The first kappa shape index (κ1) is 16.1. The molecule has 1 saturated carbocycles. The fourth-order valence-electron chi connectivity index (χ4n) is 3.54. The first-order valence-electron chi connectivity index (χ1n) is 7.91. The van der Waals surface area contributed by atoms with E-state index in [9.17, 15) is 14.7 Å². The van der Waals surface area contributed by atoms with E-state index >= 15 is 0 Å². The van der Waals surface area contributed by atoms with E-state index in [-0.39, 0.29) is 12.1 Å². The van der Waals surface area contributed by atoms with Gasteiger partial charge in [-0.2, -0.15) is 0 Å². The van der Waals surface area contributed by atoms with Gasteiger partial charge in [0.05, 0.1) is 0 Å². The normalized spacial score (nSPS) is 25.1. The van der Waals surface area contributed by atoms with Crippen molar-refractivity contribution in [3.8, 4) is 0 Å². The third kappa shape index (κ3) is 3.67. The van der Waals surface area contributed by atoms with Gasteiger partial charge in [0.25, 0.3) is 0 Å². The van der Waals surface area contributed by atoms with Crippen molar-refractivity contribution >= 4 is 12.0 Å². The summed E-state index contributed by atoms with van der Waals surface area (Å²) in [6.07, 6.45) is 5.86. The van der Waals surface area contributed by atoms with Gasteiger partial charge in [-0.3, -0.25) is 0 Å². The first-order valence-corrected chi connectivity index (χ1v) is 7.91. The van der Waals surface area contributed by atoms with Gasteiger partial charge < -0.3 is 20.2 Å². The van der Waals surface area contributed by atoms with Crippen molar-refractivity contribution < 1.29 is 14.7 Å². The zero-order valence-corrected chi connectivity index (χ0v) is 13.1. The van der Waals surface area contributed by atoms with Gasteiger partial charge in [0.1, 0.15) is 5.54 Å². The van der Waals surface area contributed by atoms with Gasteiger partial charge in [-0.15, -0.1) is 0 Å². The average molecular weight is 297 g/mol. The smallest absolute Gasteiger partial charge is 0.329 e. The summed E-state index contributed by atoms with van der Waals surface area (Å²) >= 11 is 0. The molecule has 1 heterocycles. The summed E-state index contributed by atoms with van der Waals surface area (Å²) in [5.74, 6) is -0.890. The minimum atomic E-state index is -1.05. The molecule has 0 aromatic carbocycles. The number of aliphatic carboxylic acids is 1. The number of carbonyl (C=O) groups is 2. The molecule has 1 unspecified atom stereocenters. The summed E-state index contributed by atoms with van der Waals surface area (Å²) in [5, 5.41) is 12.4. The molecule has 1 aliphatic heterocycles. The molecule has 0 bridgehead atoms. The number of carboxylic acid groups (broad SMARTS) is 1. The molecule has 2 fully saturated rings. The van der Waals surface area contributed by atoms with Crippen LogP contribution in [0.5, 0.6) is 0 Å². The van der Waals surface area contributed by atoms with Crippen molar-refractivity contribution in [2.24, 2.45) is 0 Å². The van der Waals surface area contributed by atoms with Crippen LogP contribution in [0, 0.1) is 0 Å². The summed E-state index contributed by atoms with van der Waals surface area (Å²) < 4.78 is 0. The molecule has 120 valence electrons. The summed E-state index contributed by atoms with van der Waals surface area (Å²) in [4.78, 5) is 28.1. The van der Waals surface area contributed by atoms with Crippen LogP contribution in [-0.2, 0) is 4.79 Å². The Morgan fingerprint density at radius 2 is 1.90 bits per heavy atom. The first-order chi connectivity index (χ1) is 9.94. The maximum Gasteiger partial charge on any atom is 0.329 e. The van der Waals surface area contributed by atoms with Gasteiger partial charge in [-0.05, 0) is 39.8 Å². The number of rotatable bonds is 4. The van der Waals surface area contributed by atoms with Gasteiger partial charge in [0.15, 0.2) is 0 Å². The monoisotopic (exact) mass is 297 g/mol. The number of carboxylic acids is 1. The standard InChI is InChI=1S/C15H27N3O3/c1-17(2)11-12-7-6-10-18(12)14(21)16-15(13(19)20)8-4-3-5-9-15/h12H,3-11H2,1-2H3,(H,16,21)(H,19,20). The van der Waals surface area contributed by atoms with E-state index in [1.54, 1.807) is 0 Å². The van der Waals surface area contributed by atoms with Crippen LogP contribution in [0.25, 0.3) is 0 Å². The SMILES string of the molecule is CN(C)CC1CCCN1C(=O)NC1(C(=O)O)CCCCC1. The fourth-order valence-corrected chi connectivity index (χ4v) is 3.54. The molecule has 0 spiro atoms. The number of nitrogens with zero attached hydrogens (tertiary/aromatic N) is 2. The number of carbonyl (C=O) groups excluding carboxylic acids is 1. The quantitative estimate of drug-likeness (QED) is 0.825. The van der Waals surface area contributed by atoms with Crippen LogP contribution in [0.15, 0.2) is 0 Å². The lowest BCUT2D eigenvalue weighted by Gasteiger charge is -2.37. The Kier molecular flexibility index (Phi) is 5.08. The van der Waals surface area contributed by atoms with Crippen molar-refractivity contribution in [3.05, 3.63) is 0 Å². The van der Waals surface area contributed by atoms with E-state index in [2.05, 4.69) is 10.2 Å². The molecule has 2 amide bonds. The molecule has 2 N–H and O–H groups in total. The summed E-state index contributed by atoms with van der Waals surface area (Å²) in [6.45, 7) is 1.55. The number of likely N-dealkylation sites (N-methyl/N-ethyl adjacent to an activating group) is 1. The Morgan fingerprint density at radius 3 is 2.48 bits per heavy atom. The zero-order chi connectivity index (χ0) is 15.5. The highest BCUT2D eigenvalue weighted by atomic mass is 16.4. The Balaban J connectivity index is 2.03. The lowest BCUT2D eigenvalue weighted by atomic mass is 9.82. The van der Waals surface area contributed by atoms with Crippen LogP contribution >= 0.6 is 0 Å². The topological polar surface area (TPSA) is 72.9 Å². The minimum Gasteiger partial charge on any atom is -0.480 e. The second-order valence-electron chi connectivity index (χ2n) is 6.63. The molecule has 6 heteroatoms. The highest BCUT2D eigenvalue weighted by molar-refractivity contribution is 5.86. The van der Waals surface area contributed by atoms with Gasteiger partial charge >= 0.3 is 12.0 Å². The number of hydrogen-bond donors (Lipinski definition) is 2. The second kappa shape index (κ2) is 6.64. The summed E-state index contributed by atoms with van der Waals surface area (Å²) in [7, 11) is 3.99. The van der Waals surface area contributed by atoms with Crippen molar-refractivity contribution in [1.82, 2.24) is 15.1 Å². The fraction of sp³-hybridized carbons (Fsp3) is 0.867. The molecule has 0 aromatic rings. The Labute approximate surface area is 126 Å². The molecular formula is C15H27N3O3. The summed E-state index contributed by atoms with van der Waals surface area (Å²) in [6, 6.07) is -0.0157. The third-order valence-corrected chi connectivity index (χ3v) is 4.68. The minimum absolute atomic E-state index is 0.189. The van der Waals surface area contributed by atoms with E-state index in [1.807, 2.05) is 19.0 Å². The van der Waals surface area contributed by atoms with Crippen molar-refractivity contribution in [1.29, 1.82) is 0 Å². The van der Waals surface area contributed by atoms with E-state index in [1.165, 1.54) is 0 Å². The summed E-state index contributed by atoms with van der Waals surface area (Å²) in [5.41, 5.74) is -1.05. The van der Waals surface area contributed by atoms with E-state index in [0.29, 0.717) is 12.8 Å². The molecule has 0 radical (unpaired) electrons. The van der Waals surface area contributed by atoms with Crippen molar-refractivity contribution in [2.75, 3.05) is 27.2 Å². The molecular weight excluding hydrogens is 270 g/mol. The van der Waals surface area contributed by atoms with Crippen molar-refractivity contribution in [2.45, 2.75) is 56.5 Å². The van der Waals surface area contributed by atoms with Gasteiger partial charge in [0, 0.05) is 19.1 Å². The molecule has 1 atom stereocenters. The molecule has 1 aliphatic carbocycles. The maximum absolute atomic E-state index is 12.5. The highest BCUT2D eigenvalue weighted by Gasteiger charge is 2.43. The predicted octanol–water partition coefficient (Wildman–Crippen LogP) is 1.51. The number of hydrogen-bond acceptors (Lipinski definition) is 3. The van der Waals surface area contributed by atoms with Crippen LogP contribution in [0.1, 0.15) is 44.9 Å². The lowest BCUT2D eigenvalue weighted by Crippen LogP contribution is -2.59. The average Bonchev–Trinajstić information content (AvgIpc) is 2.87. The molecule has 2 aliphatic rings. The molecule has 0 aromatic heterocycles. The maximum atomic E-state index is 12.5. The number of nitrogens with one attached hydrogen (secondary N) is 1. The van der Waals surface area contributed by atoms with E-state index in [4.69, 9.17) is 0 Å². The Hall–Kier alpha value is -1.30. The Morgan fingerprint density at radius 1 is 1.24 bits per heavy atom. The third-order valence-electron chi connectivity index (χ3n) is 4.68. The van der Waals surface area contributed by atoms with Crippen LogP contribution in [-0.4, -0.2) is 65.7 Å². The van der Waals surface area contributed by atoms with E-state index < -0.39 is 11.5 Å². The van der Waals surface area contributed by atoms with Gasteiger partial charge in [-0.1, -0.05) is 19.3 Å². The molecule has 2 rings (SSSR count). The van der Waals surface area contributed by atoms with E-state index in [0.717, 1.165) is 45.2 Å². The molecule has 6 nitrogen and oxygen atoms in total. The number of likely N-dealkylation sites (tertiary alicyclic amines) is 1. The van der Waals surface area contributed by atoms with Gasteiger partial charge in [0.2, 0.25) is 0 Å². The van der Waals surface area contributed by atoms with Crippen LogP contribution in [0.4, 0.5) is 4.79 Å². The van der Waals surface area contributed by atoms with Crippen LogP contribution in [0.2, 0.25) is 0 Å². The lowest BCUT2D eigenvalue weighted by molar-refractivity contribution is -0.146. The number of urea groups is 1. The largest absolute Gasteiger partial charge is 0.480 e.